The maximum Gasteiger partial charge on any atom is 0.0648 e. The Morgan fingerprint density at radius 3 is 2.72 bits per heavy atom. The predicted molar refractivity (Wildman–Crippen MR) is 87.5 cm³/mol. The summed E-state index contributed by atoms with van der Waals surface area (Å²) >= 11 is 8.54. The summed E-state index contributed by atoms with van der Waals surface area (Å²) in [5.41, 5.74) is 1.08. The van der Waals surface area contributed by atoms with Crippen LogP contribution >= 0.6 is 34.2 Å². The maximum absolute atomic E-state index is 6.25. The molecule has 0 amide bonds. The molecule has 0 atom stereocenters. The van der Waals surface area contributed by atoms with Gasteiger partial charge in [-0.1, -0.05) is 18.5 Å². The molecule has 0 bridgehead atoms. The van der Waals surface area contributed by atoms with Gasteiger partial charge in [-0.3, -0.25) is 0 Å². The number of halogens is 2. The van der Waals surface area contributed by atoms with E-state index in [-0.39, 0.29) is 0 Å². The van der Waals surface area contributed by atoms with Crippen molar-refractivity contribution >= 4 is 39.9 Å². The Morgan fingerprint density at radius 2 is 2.11 bits per heavy atom. The SMILES string of the molecule is CCCN1CCC(Nc2ccc(I)cc2Cl)CC1. The third kappa shape index (κ3) is 4.00. The number of rotatable bonds is 4. The highest BCUT2D eigenvalue weighted by Gasteiger charge is 2.18. The number of nitrogens with zero attached hydrogens (tertiary/aromatic N) is 1. The van der Waals surface area contributed by atoms with Crippen LogP contribution in [0.1, 0.15) is 26.2 Å². The van der Waals surface area contributed by atoms with Crippen LogP contribution in [0.25, 0.3) is 0 Å². The highest BCUT2D eigenvalue weighted by atomic mass is 127. The molecule has 2 nitrogen and oxygen atoms in total. The molecule has 1 N–H and O–H groups in total. The summed E-state index contributed by atoms with van der Waals surface area (Å²) in [4.78, 5) is 2.55. The molecule has 0 aliphatic carbocycles. The first-order chi connectivity index (χ1) is 8.69. The molecule has 18 heavy (non-hydrogen) atoms. The van der Waals surface area contributed by atoms with E-state index in [1.54, 1.807) is 0 Å². The average molecular weight is 379 g/mol. The number of benzene rings is 1. The van der Waals surface area contributed by atoms with Gasteiger partial charge in [0.15, 0.2) is 0 Å². The highest BCUT2D eigenvalue weighted by molar-refractivity contribution is 14.1. The number of likely N-dealkylation sites (tertiary alicyclic amines) is 1. The van der Waals surface area contributed by atoms with Crippen molar-refractivity contribution in [2.45, 2.75) is 32.2 Å². The fraction of sp³-hybridized carbons (Fsp3) is 0.571. The molecule has 1 heterocycles. The first-order valence-electron chi connectivity index (χ1n) is 6.63. The zero-order valence-corrected chi connectivity index (χ0v) is 13.7. The molecule has 1 fully saturated rings. The second-order valence-electron chi connectivity index (χ2n) is 4.88. The third-order valence-electron chi connectivity index (χ3n) is 3.42. The van der Waals surface area contributed by atoms with Gasteiger partial charge in [-0.05, 0) is 66.6 Å². The van der Waals surface area contributed by atoms with Crippen LogP contribution in [0.15, 0.2) is 18.2 Å². The number of nitrogens with one attached hydrogen (secondary N) is 1. The van der Waals surface area contributed by atoms with E-state index in [2.05, 4.69) is 51.9 Å². The van der Waals surface area contributed by atoms with E-state index in [1.807, 2.05) is 6.07 Å². The number of anilines is 1. The maximum atomic E-state index is 6.25. The van der Waals surface area contributed by atoms with Crippen LogP contribution in [0.5, 0.6) is 0 Å². The fourth-order valence-electron chi connectivity index (χ4n) is 2.44. The molecule has 4 heteroatoms. The van der Waals surface area contributed by atoms with E-state index < -0.39 is 0 Å². The Hall–Kier alpha value is -0.0000000000000000555. The lowest BCUT2D eigenvalue weighted by Crippen LogP contribution is -2.39. The summed E-state index contributed by atoms with van der Waals surface area (Å²) in [6.07, 6.45) is 3.67. The summed E-state index contributed by atoms with van der Waals surface area (Å²) in [5, 5.41) is 4.41. The van der Waals surface area contributed by atoms with Gasteiger partial charge in [0.05, 0.1) is 10.7 Å². The standard InChI is InChI=1S/C14H20ClIN2/c1-2-7-18-8-5-12(6-9-18)17-14-4-3-11(16)10-13(14)15/h3-4,10,12,17H,2,5-9H2,1H3. The Kier molecular flexibility index (Phi) is 5.57. The fourth-order valence-corrected chi connectivity index (χ4v) is 3.35. The van der Waals surface area contributed by atoms with Crippen LogP contribution in [0.2, 0.25) is 5.02 Å². The molecule has 0 spiro atoms. The van der Waals surface area contributed by atoms with E-state index in [0.29, 0.717) is 6.04 Å². The summed E-state index contributed by atoms with van der Waals surface area (Å²) in [6.45, 7) is 5.88. The van der Waals surface area contributed by atoms with Gasteiger partial charge < -0.3 is 10.2 Å². The van der Waals surface area contributed by atoms with E-state index in [1.165, 1.54) is 42.5 Å². The summed E-state index contributed by atoms with van der Waals surface area (Å²) in [6, 6.07) is 6.76. The third-order valence-corrected chi connectivity index (χ3v) is 4.40. The van der Waals surface area contributed by atoms with Crippen LogP contribution in [-0.4, -0.2) is 30.6 Å². The molecule has 2 rings (SSSR count). The van der Waals surface area contributed by atoms with Crippen molar-refractivity contribution in [1.29, 1.82) is 0 Å². The molecule has 0 saturated carbocycles. The van der Waals surface area contributed by atoms with Gasteiger partial charge in [-0.2, -0.15) is 0 Å². The smallest absolute Gasteiger partial charge is 0.0648 e. The van der Waals surface area contributed by atoms with Crippen molar-refractivity contribution in [2.24, 2.45) is 0 Å². The van der Waals surface area contributed by atoms with Crippen LogP contribution in [0, 0.1) is 3.57 Å². The van der Waals surface area contributed by atoms with Gasteiger partial charge in [-0.15, -0.1) is 0 Å². The highest BCUT2D eigenvalue weighted by Crippen LogP contribution is 2.26. The minimum absolute atomic E-state index is 0.565. The van der Waals surface area contributed by atoms with E-state index in [0.717, 1.165) is 10.7 Å². The van der Waals surface area contributed by atoms with Crippen molar-refractivity contribution < 1.29 is 0 Å². The van der Waals surface area contributed by atoms with Gasteiger partial charge >= 0.3 is 0 Å². The molecule has 1 aromatic carbocycles. The van der Waals surface area contributed by atoms with Gasteiger partial charge in [-0.25, -0.2) is 0 Å². The summed E-state index contributed by atoms with van der Waals surface area (Å²) in [7, 11) is 0. The quantitative estimate of drug-likeness (QED) is 0.789. The first-order valence-corrected chi connectivity index (χ1v) is 8.08. The Balaban J connectivity index is 1.87. The summed E-state index contributed by atoms with van der Waals surface area (Å²) < 4.78 is 1.18. The monoisotopic (exact) mass is 378 g/mol. The summed E-state index contributed by atoms with van der Waals surface area (Å²) in [5.74, 6) is 0. The van der Waals surface area contributed by atoms with Gasteiger partial charge in [0.1, 0.15) is 0 Å². The topological polar surface area (TPSA) is 15.3 Å². The Labute approximate surface area is 128 Å². The molecular formula is C14H20ClIN2. The number of hydrogen-bond donors (Lipinski definition) is 1. The molecule has 0 unspecified atom stereocenters. The van der Waals surface area contributed by atoms with Crippen molar-refractivity contribution in [1.82, 2.24) is 4.90 Å². The minimum Gasteiger partial charge on any atom is -0.381 e. The lowest BCUT2D eigenvalue weighted by molar-refractivity contribution is 0.219. The minimum atomic E-state index is 0.565. The molecule has 1 aromatic rings. The molecular weight excluding hydrogens is 359 g/mol. The lowest BCUT2D eigenvalue weighted by Gasteiger charge is -2.32. The van der Waals surface area contributed by atoms with E-state index in [9.17, 15) is 0 Å². The second kappa shape index (κ2) is 6.96. The zero-order chi connectivity index (χ0) is 13.0. The normalized spacial score (nSPS) is 17.9. The van der Waals surface area contributed by atoms with Crippen molar-refractivity contribution in [3.8, 4) is 0 Å². The lowest BCUT2D eigenvalue weighted by atomic mass is 10.0. The Morgan fingerprint density at radius 1 is 1.39 bits per heavy atom. The van der Waals surface area contributed by atoms with Crippen LogP contribution in [0.3, 0.4) is 0 Å². The number of piperidine rings is 1. The molecule has 0 radical (unpaired) electrons. The van der Waals surface area contributed by atoms with E-state index in [4.69, 9.17) is 11.6 Å². The van der Waals surface area contributed by atoms with Crippen LogP contribution in [-0.2, 0) is 0 Å². The Bertz CT molecular complexity index is 389. The molecule has 0 aromatic heterocycles. The molecule has 1 aliphatic heterocycles. The van der Waals surface area contributed by atoms with Crippen LogP contribution < -0.4 is 5.32 Å². The van der Waals surface area contributed by atoms with Gasteiger partial charge in [0.2, 0.25) is 0 Å². The largest absolute Gasteiger partial charge is 0.381 e. The van der Waals surface area contributed by atoms with Crippen molar-refractivity contribution in [3.63, 3.8) is 0 Å². The van der Waals surface area contributed by atoms with Gasteiger partial charge in [0.25, 0.3) is 0 Å². The second-order valence-corrected chi connectivity index (χ2v) is 6.54. The molecule has 1 aliphatic rings. The molecule has 1 saturated heterocycles. The number of hydrogen-bond acceptors (Lipinski definition) is 2. The zero-order valence-electron chi connectivity index (χ0n) is 10.8. The van der Waals surface area contributed by atoms with Crippen molar-refractivity contribution in [3.05, 3.63) is 26.8 Å². The average Bonchev–Trinajstić information content (AvgIpc) is 2.35. The van der Waals surface area contributed by atoms with Gasteiger partial charge in [0, 0.05) is 22.7 Å². The molecule has 100 valence electrons. The van der Waals surface area contributed by atoms with Crippen LogP contribution in [0.4, 0.5) is 5.69 Å². The predicted octanol–water partition coefficient (Wildman–Crippen LogP) is 4.23. The first kappa shape index (κ1) is 14.4. The van der Waals surface area contributed by atoms with Crippen molar-refractivity contribution in [2.75, 3.05) is 25.0 Å². The van der Waals surface area contributed by atoms with E-state index >= 15 is 0 Å².